The van der Waals surface area contributed by atoms with Crippen LogP contribution in [0.4, 0.5) is 0 Å². The number of benzene rings is 3. The van der Waals surface area contributed by atoms with Gasteiger partial charge < -0.3 is 10.6 Å². The summed E-state index contributed by atoms with van der Waals surface area (Å²) in [5, 5.41) is 6.23. The Bertz CT molecular complexity index is 1330. The molecule has 0 aromatic heterocycles. The molecule has 2 amide bonds. The fourth-order valence-electron chi connectivity index (χ4n) is 4.35. The first kappa shape index (κ1) is 26.9. The van der Waals surface area contributed by atoms with Crippen LogP contribution in [0.5, 0.6) is 0 Å². The summed E-state index contributed by atoms with van der Waals surface area (Å²) in [6, 6.07) is 21.4. The van der Waals surface area contributed by atoms with Gasteiger partial charge in [0.1, 0.15) is 6.04 Å². The first-order valence-electron chi connectivity index (χ1n) is 12.3. The number of sulfonamides is 1. The quantitative estimate of drug-likeness (QED) is 0.434. The van der Waals surface area contributed by atoms with Crippen molar-refractivity contribution < 1.29 is 18.0 Å². The van der Waals surface area contributed by atoms with Crippen LogP contribution < -0.4 is 10.6 Å². The summed E-state index contributed by atoms with van der Waals surface area (Å²) in [4.78, 5) is 25.7. The van der Waals surface area contributed by atoms with Crippen LogP contribution in [0.2, 0.25) is 5.02 Å². The van der Waals surface area contributed by atoms with Gasteiger partial charge in [-0.3, -0.25) is 9.59 Å². The molecule has 1 saturated heterocycles. The molecule has 2 atom stereocenters. The smallest absolute Gasteiger partial charge is 0.251 e. The van der Waals surface area contributed by atoms with E-state index in [1.807, 2.05) is 37.3 Å². The molecule has 2 N–H and O–H groups in total. The summed E-state index contributed by atoms with van der Waals surface area (Å²) in [6.07, 6.45) is 1.95. The second-order valence-corrected chi connectivity index (χ2v) is 11.4. The molecule has 7 nitrogen and oxygen atoms in total. The predicted octanol–water partition coefficient (Wildman–Crippen LogP) is 4.69. The van der Waals surface area contributed by atoms with Crippen molar-refractivity contribution in [2.24, 2.45) is 0 Å². The van der Waals surface area contributed by atoms with E-state index in [0.29, 0.717) is 29.1 Å². The molecular formula is C28H30ClN3O4S. The maximum Gasteiger partial charge on any atom is 0.251 e. The topological polar surface area (TPSA) is 95.6 Å². The number of hydrogen-bond acceptors (Lipinski definition) is 4. The number of rotatable bonds is 8. The second kappa shape index (κ2) is 11.9. The summed E-state index contributed by atoms with van der Waals surface area (Å²) in [5.74, 6) is -0.530. The summed E-state index contributed by atoms with van der Waals surface area (Å²) in [5.41, 5.74) is 2.13. The summed E-state index contributed by atoms with van der Waals surface area (Å²) < 4.78 is 28.6. The van der Waals surface area contributed by atoms with E-state index in [-0.39, 0.29) is 29.3 Å². The first-order valence-corrected chi connectivity index (χ1v) is 14.1. The molecule has 0 radical (unpaired) electrons. The molecule has 0 spiro atoms. The fourth-order valence-corrected chi connectivity index (χ4v) is 6.08. The van der Waals surface area contributed by atoms with Crippen molar-refractivity contribution in [3.8, 4) is 0 Å². The lowest BCUT2D eigenvalue weighted by Crippen LogP contribution is -2.48. The number of hydrogen-bond donors (Lipinski definition) is 2. The Labute approximate surface area is 222 Å². The molecule has 0 aliphatic carbocycles. The van der Waals surface area contributed by atoms with Gasteiger partial charge in [0.15, 0.2) is 0 Å². The fraction of sp³-hybridized carbons (Fsp3) is 0.286. The lowest BCUT2D eigenvalue weighted by Gasteiger charge is -2.29. The standard InChI is InChI=1S/C28H30ClN3O4S/c1-20(22-7-3-2-4-8-22)31-27(33)23-12-10-21(11-13-23)19-32(26-9-5-6-18-30-28(26)34)37(35,36)25-16-14-24(29)15-17-25/h2-4,7-8,10-17,20,26H,5-6,9,18-19H2,1H3,(H,30,34)(H,31,33)/t20-,26-/m1/s1. The van der Waals surface area contributed by atoms with Gasteiger partial charge in [0, 0.05) is 23.7 Å². The van der Waals surface area contributed by atoms with Crippen molar-refractivity contribution in [1.29, 1.82) is 0 Å². The first-order chi connectivity index (χ1) is 17.8. The number of carbonyl (C=O) groups excluding carboxylic acids is 2. The van der Waals surface area contributed by atoms with E-state index in [1.165, 1.54) is 28.6 Å². The highest BCUT2D eigenvalue weighted by Crippen LogP contribution is 2.26. The molecule has 1 aliphatic heterocycles. The van der Waals surface area contributed by atoms with E-state index in [0.717, 1.165) is 18.4 Å². The van der Waals surface area contributed by atoms with Crippen LogP contribution >= 0.6 is 11.6 Å². The predicted molar refractivity (Wildman–Crippen MR) is 144 cm³/mol. The summed E-state index contributed by atoms with van der Waals surface area (Å²) >= 11 is 5.97. The molecule has 4 rings (SSSR count). The SMILES string of the molecule is C[C@@H](NC(=O)c1ccc(CN([C@@H]2CCCCNC2=O)S(=O)(=O)c2ccc(Cl)cc2)cc1)c1ccccc1. The Kier molecular flexibility index (Phi) is 8.63. The summed E-state index contributed by atoms with van der Waals surface area (Å²) in [6.45, 7) is 2.43. The van der Waals surface area contributed by atoms with Gasteiger partial charge in [0.2, 0.25) is 15.9 Å². The van der Waals surface area contributed by atoms with Crippen LogP contribution in [-0.4, -0.2) is 37.1 Å². The third-order valence-corrected chi connectivity index (χ3v) is 8.60. The molecule has 3 aromatic rings. The van der Waals surface area contributed by atoms with E-state index < -0.39 is 16.1 Å². The Hall–Kier alpha value is -3.20. The zero-order valence-electron chi connectivity index (χ0n) is 20.6. The molecule has 37 heavy (non-hydrogen) atoms. The Morgan fingerprint density at radius 1 is 1.03 bits per heavy atom. The molecule has 1 aliphatic rings. The van der Waals surface area contributed by atoms with Gasteiger partial charge in [-0.15, -0.1) is 0 Å². The third-order valence-electron chi connectivity index (χ3n) is 6.48. The maximum atomic E-state index is 13.7. The molecule has 9 heteroatoms. The maximum absolute atomic E-state index is 13.7. The van der Waals surface area contributed by atoms with Gasteiger partial charge in [-0.05, 0) is 73.7 Å². The lowest BCUT2D eigenvalue weighted by atomic mass is 10.1. The van der Waals surface area contributed by atoms with Gasteiger partial charge in [0.05, 0.1) is 10.9 Å². The minimum absolute atomic E-state index is 0.00857. The van der Waals surface area contributed by atoms with Crippen molar-refractivity contribution >= 4 is 33.4 Å². The average molecular weight is 540 g/mol. The molecule has 1 fully saturated rings. The van der Waals surface area contributed by atoms with Crippen molar-refractivity contribution in [2.75, 3.05) is 6.54 Å². The zero-order chi connectivity index (χ0) is 26.4. The minimum Gasteiger partial charge on any atom is -0.355 e. The van der Waals surface area contributed by atoms with E-state index in [9.17, 15) is 18.0 Å². The monoisotopic (exact) mass is 539 g/mol. The van der Waals surface area contributed by atoms with E-state index >= 15 is 0 Å². The van der Waals surface area contributed by atoms with Crippen molar-refractivity contribution in [2.45, 2.75) is 49.7 Å². The highest BCUT2D eigenvalue weighted by molar-refractivity contribution is 7.89. The largest absolute Gasteiger partial charge is 0.355 e. The Morgan fingerprint density at radius 2 is 1.70 bits per heavy atom. The Morgan fingerprint density at radius 3 is 2.38 bits per heavy atom. The third kappa shape index (κ3) is 6.57. The highest BCUT2D eigenvalue weighted by Gasteiger charge is 2.36. The zero-order valence-corrected chi connectivity index (χ0v) is 22.1. The summed E-state index contributed by atoms with van der Waals surface area (Å²) in [7, 11) is -4.00. The number of nitrogens with zero attached hydrogens (tertiary/aromatic N) is 1. The van der Waals surface area contributed by atoms with Crippen molar-refractivity contribution in [3.63, 3.8) is 0 Å². The average Bonchev–Trinajstić information content (AvgIpc) is 3.12. The molecule has 0 saturated carbocycles. The van der Waals surface area contributed by atoms with E-state index in [1.54, 1.807) is 24.3 Å². The van der Waals surface area contributed by atoms with Crippen LogP contribution in [-0.2, 0) is 21.4 Å². The van der Waals surface area contributed by atoms with Gasteiger partial charge in [-0.2, -0.15) is 4.31 Å². The molecule has 194 valence electrons. The van der Waals surface area contributed by atoms with Crippen molar-refractivity contribution in [3.05, 3.63) is 101 Å². The van der Waals surface area contributed by atoms with Crippen molar-refractivity contribution in [1.82, 2.24) is 14.9 Å². The minimum atomic E-state index is -4.00. The lowest BCUT2D eigenvalue weighted by molar-refractivity contribution is -0.124. The van der Waals surface area contributed by atoms with Gasteiger partial charge in [-0.25, -0.2) is 8.42 Å². The molecule has 3 aromatic carbocycles. The highest BCUT2D eigenvalue weighted by atomic mass is 35.5. The number of halogens is 1. The molecular weight excluding hydrogens is 510 g/mol. The van der Waals surface area contributed by atoms with E-state index in [4.69, 9.17) is 11.6 Å². The van der Waals surface area contributed by atoms with Crippen LogP contribution in [0, 0.1) is 0 Å². The van der Waals surface area contributed by atoms with Gasteiger partial charge >= 0.3 is 0 Å². The van der Waals surface area contributed by atoms with Crippen LogP contribution in [0.3, 0.4) is 0 Å². The second-order valence-electron chi connectivity index (χ2n) is 9.11. The molecule has 0 bridgehead atoms. The van der Waals surface area contributed by atoms with Gasteiger partial charge in [-0.1, -0.05) is 54.1 Å². The molecule has 0 unspecified atom stereocenters. The number of nitrogens with one attached hydrogen (secondary N) is 2. The van der Waals surface area contributed by atoms with Crippen LogP contribution in [0.1, 0.15) is 53.7 Å². The molecule has 1 heterocycles. The number of amides is 2. The van der Waals surface area contributed by atoms with E-state index in [2.05, 4.69) is 10.6 Å². The Balaban J connectivity index is 1.56. The van der Waals surface area contributed by atoms with Crippen LogP contribution in [0.15, 0.2) is 83.8 Å². The van der Waals surface area contributed by atoms with Crippen LogP contribution in [0.25, 0.3) is 0 Å². The normalized spacial score (nSPS) is 17.1. The van der Waals surface area contributed by atoms with Gasteiger partial charge in [0.25, 0.3) is 5.91 Å². The number of carbonyl (C=O) groups is 2.